The van der Waals surface area contributed by atoms with Crippen LogP contribution >= 0.6 is 0 Å². The van der Waals surface area contributed by atoms with Gasteiger partial charge in [0, 0.05) is 31.2 Å². The first-order chi connectivity index (χ1) is 9.20. The van der Waals surface area contributed by atoms with E-state index in [2.05, 4.69) is 24.1 Å². The fraction of sp³-hybridized carbons (Fsp3) is 1.00. The number of piperazine rings is 1. The standard InChI is InChI=1S/C17H32N2/c1-14-7-6-8-16(15(14)2)19-12-11-18-17(13-19)9-4-3-5-10-17/h14-16,18H,3-13H2,1-2H3. The highest BCUT2D eigenvalue weighted by atomic mass is 15.2. The molecule has 2 heteroatoms. The smallest absolute Gasteiger partial charge is 0.0309 e. The van der Waals surface area contributed by atoms with Crippen LogP contribution in [-0.2, 0) is 0 Å². The molecule has 0 radical (unpaired) electrons. The molecule has 3 rings (SSSR count). The van der Waals surface area contributed by atoms with Crippen molar-refractivity contribution in [3.63, 3.8) is 0 Å². The monoisotopic (exact) mass is 264 g/mol. The van der Waals surface area contributed by atoms with Gasteiger partial charge in [-0.1, -0.05) is 46.0 Å². The molecular formula is C17H32N2. The van der Waals surface area contributed by atoms with Gasteiger partial charge in [-0.2, -0.15) is 0 Å². The van der Waals surface area contributed by atoms with Crippen LogP contribution in [0.5, 0.6) is 0 Å². The molecule has 110 valence electrons. The molecule has 3 aliphatic rings. The molecule has 1 saturated heterocycles. The first-order valence-electron chi connectivity index (χ1n) is 8.69. The van der Waals surface area contributed by atoms with Crippen LogP contribution in [0.3, 0.4) is 0 Å². The fourth-order valence-corrected chi connectivity index (χ4v) is 4.90. The third-order valence-corrected chi connectivity index (χ3v) is 6.35. The minimum absolute atomic E-state index is 0.483. The first-order valence-corrected chi connectivity index (χ1v) is 8.69. The predicted octanol–water partition coefficient (Wildman–Crippen LogP) is 3.42. The molecule has 0 amide bonds. The molecule has 19 heavy (non-hydrogen) atoms. The Labute approximate surface area is 119 Å². The maximum Gasteiger partial charge on any atom is 0.0309 e. The molecule has 0 aromatic heterocycles. The molecule has 1 N–H and O–H groups in total. The number of hydrogen-bond acceptors (Lipinski definition) is 2. The average Bonchev–Trinajstić information content (AvgIpc) is 2.43. The number of rotatable bonds is 1. The van der Waals surface area contributed by atoms with Gasteiger partial charge in [-0.3, -0.25) is 4.90 Å². The van der Waals surface area contributed by atoms with Crippen LogP contribution in [0.2, 0.25) is 0 Å². The Hall–Kier alpha value is -0.0800. The Morgan fingerprint density at radius 1 is 1.00 bits per heavy atom. The molecule has 3 fully saturated rings. The van der Waals surface area contributed by atoms with Crippen LogP contribution < -0.4 is 5.32 Å². The predicted molar refractivity (Wildman–Crippen MR) is 81.4 cm³/mol. The van der Waals surface area contributed by atoms with Gasteiger partial charge < -0.3 is 5.32 Å². The fourth-order valence-electron chi connectivity index (χ4n) is 4.90. The van der Waals surface area contributed by atoms with E-state index in [1.807, 2.05) is 0 Å². The molecule has 3 unspecified atom stereocenters. The average molecular weight is 264 g/mol. The summed E-state index contributed by atoms with van der Waals surface area (Å²) in [6.45, 7) is 8.80. The summed E-state index contributed by atoms with van der Waals surface area (Å²) in [4.78, 5) is 2.86. The Balaban J connectivity index is 1.67. The van der Waals surface area contributed by atoms with Crippen LogP contribution in [0, 0.1) is 11.8 Å². The zero-order chi connectivity index (χ0) is 13.3. The van der Waals surface area contributed by atoms with Crippen molar-refractivity contribution >= 4 is 0 Å². The van der Waals surface area contributed by atoms with E-state index in [1.165, 1.54) is 71.0 Å². The normalized spacial score (nSPS) is 40.4. The van der Waals surface area contributed by atoms with E-state index in [0.717, 1.165) is 17.9 Å². The Bertz CT molecular complexity index is 290. The van der Waals surface area contributed by atoms with Gasteiger partial charge in [0.05, 0.1) is 0 Å². The van der Waals surface area contributed by atoms with E-state index in [9.17, 15) is 0 Å². The molecule has 1 aliphatic heterocycles. The summed E-state index contributed by atoms with van der Waals surface area (Å²) < 4.78 is 0. The summed E-state index contributed by atoms with van der Waals surface area (Å²) in [5.41, 5.74) is 0.483. The topological polar surface area (TPSA) is 15.3 Å². The highest BCUT2D eigenvalue weighted by Gasteiger charge is 2.40. The summed E-state index contributed by atoms with van der Waals surface area (Å²) in [5, 5.41) is 3.89. The van der Waals surface area contributed by atoms with E-state index < -0.39 is 0 Å². The summed E-state index contributed by atoms with van der Waals surface area (Å²) in [5.74, 6) is 1.82. The van der Waals surface area contributed by atoms with Crippen LogP contribution in [0.1, 0.15) is 65.2 Å². The maximum atomic E-state index is 3.89. The molecule has 2 aliphatic carbocycles. The van der Waals surface area contributed by atoms with Crippen molar-refractivity contribution in [2.75, 3.05) is 19.6 Å². The van der Waals surface area contributed by atoms with Gasteiger partial charge in [-0.05, 0) is 31.1 Å². The largest absolute Gasteiger partial charge is 0.309 e. The Morgan fingerprint density at radius 2 is 1.79 bits per heavy atom. The molecule has 1 spiro atoms. The van der Waals surface area contributed by atoms with Crippen molar-refractivity contribution in [3.8, 4) is 0 Å². The minimum Gasteiger partial charge on any atom is -0.309 e. The molecule has 2 saturated carbocycles. The Morgan fingerprint density at radius 3 is 2.58 bits per heavy atom. The molecular weight excluding hydrogens is 232 g/mol. The van der Waals surface area contributed by atoms with Crippen molar-refractivity contribution in [1.29, 1.82) is 0 Å². The van der Waals surface area contributed by atoms with E-state index in [1.54, 1.807) is 0 Å². The maximum absolute atomic E-state index is 3.89. The number of hydrogen-bond donors (Lipinski definition) is 1. The van der Waals surface area contributed by atoms with Gasteiger partial charge in [0.25, 0.3) is 0 Å². The number of nitrogens with one attached hydrogen (secondary N) is 1. The van der Waals surface area contributed by atoms with Crippen LogP contribution in [0.15, 0.2) is 0 Å². The van der Waals surface area contributed by atoms with Crippen molar-refractivity contribution in [2.24, 2.45) is 11.8 Å². The highest BCUT2D eigenvalue weighted by molar-refractivity contribution is 4.99. The van der Waals surface area contributed by atoms with E-state index in [4.69, 9.17) is 0 Å². The van der Waals surface area contributed by atoms with E-state index in [-0.39, 0.29) is 0 Å². The van der Waals surface area contributed by atoms with Crippen LogP contribution in [-0.4, -0.2) is 36.1 Å². The zero-order valence-corrected chi connectivity index (χ0v) is 13.0. The van der Waals surface area contributed by atoms with Crippen molar-refractivity contribution in [2.45, 2.75) is 76.8 Å². The van der Waals surface area contributed by atoms with Gasteiger partial charge in [-0.15, -0.1) is 0 Å². The first kappa shape index (κ1) is 13.9. The van der Waals surface area contributed by atoms with E-state index >= 15 is 0 Å². The van der Waals surface area contributed by atoms with Gasteiger partial charge in [0.15, 0.2) is 0 Å². The van der Waals surface area contributed by atoms with Gasteiger partial charge >= 0.3 is 0 Å². The quantitative estimate of drug-likeness (QED) is 0.780. The number of nitrogens with zero attached hydrogens (tertiary/aromatic N) is 1. The SMILES string of the molecule is CC1CCCC(N2CCNC3(CCCCC3)C2)C1C. The molecule has 0 aromatic carbocycles. The molecule has 0 aromatic rings. The summed E-state index contributed by atoms with van der Waals surface area (Å²) >= 11 is 0. The third-order valence-electron chi connectivity index (χ3n) is 6.35. The second kappa shape index (κ2) is 5.73. The lowest BCUT2D eigenvalue weighted by Gasteiger charge is -2.51. The lowest BCUT2D eigenvalue weighted by Crippen LogP contribution is -2.64. The lowest BCUT2D eigenvalue weighted by molar-refractivity contribution is 0.0194. The Kier molecular flexibility index (Phi) is 4.19. The van der Waals surface area contributed by atoms with Crippen molar-refractivity contribution in [3.05, 3.63) is 0 Å². The third kappa shape index (κ3) is 2.85. The second-order valence-corrected chi connectivity index (χ2v) is 7.57. The summed E-state index contributed by atoms with van der Waals surface area (Å²) in [6, 6.07) is 0.865. The second-order valence-electron chi connectivity index (χ2n) is 7.57. The van der Waals surface area contributed by atoms with Crippen molar-refractivity contribution in [1.82, 2.24) is 10.2 Å². The van der Waals surface area contributed by atoms with Crippen LogP contribution in [0.4, 0.5) is 0 Å². The van der Waals surface area contributed by atoms with Gasteiger partial charge in [0.1, 0.15) is 0 Å². The zero-order valence-electron chi connectivity index (χ0n) is 13.0. The van der Waals surface area contributed by atoms with E-state index in [0.29, 0.717) is 5.54 Å². The minimum atomic E-state index is 0.483. The molecule has 1 heterocycles. The van der Waals surface area contributed by atoms with Gasteiger partial charge in [0.2, 0.25) is 0 Å². The lowest BCUT2D eigenvalue weighted by atomic mass is 9.75. The summed E-state index contributed by atoms with van der Waals surface area (Å²) in [6.07, 6.45) is 11.5. The van der Waals surface area contributed by atoms with Gasteiger partial charge in [-0.25, -0.2) is 0 Å². The molecule has 0 bridgehead atoms. The molecule has 3 atom stereocenters. The summed E-state index contributed by atoms with van der Waals surface area (Å²) in [7, 11) is 0. The molecule has 2 nitrogen and oxygen atoms in total. The van der Waals surface area contributed by atoms with Crippen molar-refractivity contribution < 1.29 is 0 Å². The highest BCUT2D eigenvalue weighted by Crippen LogP contribution is 2.36. The van der Waals surface area contributed by atoms with Crippen LogP contribution in [0.25, 0.3) is 0 Å².